The van der Waals surface area contributed by atoms with Crippen LogP contribution in [0.5, 0.6) is 0 Å². The minimum Gasteiger partial charge on any atom is -0.384 e. The number of benzene rings is 1. The van der Waals surface area contributed by atoms with E-state index in [-0.39, 0.29) is 23.5 Å². The van der Waals surface area contributed by atoms with Crippen molar-refractivity contribution in [2.75, 3.05) is 43.4 Å². The molecule has 0 unspecified atom stereocenters. The van der Waals surface area contributed by atoms with Gasteiger partial charge in [0, 0.05) is 30.7 Å². The lowest BCUT2D eigenvalue weighted by atomic mass is 9.71. The zero-order chi connectivity index (χ0) is 30.4. The van der Waals surface area contributed by atoms with Crippen molar-refractivity contribution in [3.8, 4) is 5.82 Å². The summed E-state index contributed by atoms with van der Waals surface area (Å²) < 4.78 is 16.7. The predicted octanol–water partition coefficient (Wildman–Crippen LogP) is 4.74. The number of aliphatic hydroxyl groups is 1. The second-order valence-corrected chi connectivity index (χ2v) is 12.5. The van der Waals surface area contributed by atoms with Crippen LogP contribution in [0, 0.1) is 5.41 Å². The van der Waals surface area contributed by atoms with Crippen LogP contribution in [0.1, 0.15) is 45.2 Å². The normalized spacial score (nSPS) is 17.5. The molecule has 0 bridgehead atoms. The van der Waals surface area contributed by atoms with Crippen LogP contribution < -0.4 is 15.8 Å². The third-order valence-electron chi connectivity index (χ3n) is 8.94. The molecular formula is C32H39FN8O2. The minimum absolute atomic E-state index is 0.213. The van der Waals surface area contributed by atoms with E-state index in [2.05, 4.69) is 55.8 Å². The molecule has 6 rings (SSSR count). The molecule has 4 aromatic rings. The smallest absolute Gasteiger partial charge is 0.278 e. The number of likely N-dealkylation sites (tertiary alicyclic amines) is 1. The van der Waals surface area contributed by atoms with E-state index in [1.165, 1.54) is 60.0 Å². The van der Waals surface area contributed by atoms with Crippen molar-refractivity contribution >= 4 is 28.4 Å². The molecule has 3 aromatic heterocycles. The summed E-state index contributed by atoms with van der Waals surface area (Å²) in [5, 5.41) is 14.0. The van der Waals surface area contributed by atoms with Gasteiger partial charge in [-0.2, -0.15) is 4.98 Å². The number of anilines is 3. The number of halogens is 1. The SMILES string of the molecule is C=C(F)Cn1c(=O)c2cnc(Nc3ccc(N4CCC5(CCN(C)CC5)CC4)cc3)nc2n1-c1cccc(C(C)(C)O)n1. The first-order valence-corrected chi connectivity index (χ1v) is 14.8. The molecule has 0 amide bonds. The second-order valence-electron chi connectivity index (χ2n) is 12.5. The number of nitrogens with one attached hydrogen (secondary N) is 1. The fraction of sp³-hybridized carbons (Fsp3) is 0.438. The van der Waals surface area contributed by atoms with Crippen LogP contribution in [0.3, 0.4) is 0 Å². The molecule has 11 heteroatoms. The van der Waals surface area contributed by atoms with Gasteiger partial charge in [0.05, 0.1) is 12.2 Å². The van der Waals surface area contributed by atoms with Crippen molar-refractivity contribution in [3.05, 3.63) is 77.1 Å². The molecule has 226 valence electrons. The van der Waals surface area contributed by atoms with E-state index in [0.717, 1.165) is 18.8 Å². The maximum atomic E-state index is 14.0. The topological polar surface area (TPSA) is 104 Å². The van der Waals surface area contributed by atoms with Crippen LogP contribution in [-0.2, 0) is 12.1 Å². The van der Waals surface area contributed by atoms with Gasteiger partial charge in [-0.25, -0.2) is 23.7 Å². The first kappa shape index (κ1) is 29.0. The predicted molar refractivity (Wildman–Crippen MR) is 167 cm³/mol. The average molecular weight is 587 g/mol. The van der Waals surface area contributed by atoms with E-state index in [0.29, 0.717) is 16.9 Å². The standard InChI is InChI=1S/C32H39FN8O2/c1-22(33)21-40-29(42)25-20-34-30(37-28(25)41(40)27-7-5-6-26(36-27)31(2,3)43)35-23-8-10-24(11-9-23)39-18-14-32(15-19-39)12-16-38(4)17-13-32/h5-11,20,43H,1,12-19,21H2,2-4H3,(H,34,35,37). The zero-order valence-electron chi connectivity index (χ0n) is 25.1. The van der Waals surface area contributed by atoms with Crippen molar-refractivity contribution in [1.29, 1.82) is 0 Å². The Balaban J connectivity index is 1.25. The van der Waals surface area contributed by atoms with Gasteiger partial charge in [0.15, 0.2) is 11.5 Å². The molecule has 2 aliphatic rings. The van der Waals surface area contributed by atoms with Gasteiger partial charge in [-0.3, -0.25) is 4.79 Å². The molecule has 5 heterocycles. The summed E-state index contributed by atoms with van der Waals surface area (Å²) >= 11 is 0. The van der Waals surface area contributed by atoms with Crippen LogP contribution in [0.4, 0.5) is 21.7 Å². The van der Waals surface area contributed by atoms with Gasteiger partial charge in [0.2, 0.25) is 5.95 Å². The van der Waals surface area contributed by atoms with E-state index < -0.39 is 17.0 Å². The third-order valence-corrected chi connectivity index (χ3v) is 8.94. The third kappa shape index (κ3) is 5.92. The average Bonchev–Trinajstić information content (AvgIpc) is 3.25. The van der Waals surface area contributed by atoms with Crippen molar-refractivity contribution < 1.29 is 9.50 Å². The number of nitrogens with zero attached hydrogens (tertiary/aromatic N) is 7. The summed E-state index contributed by atoms with van der Waals surface area (Å²) in [7, 11) is 2.22. The Morgan fingerprint density at radius 3 is 2.37 bits per heavy atom. The lowest BCUT2D eigenvalue weighted by Crippen LogP contribution is -2.46. The van der Waals surface area contributed by atoms with E-state index in [1.807, 2.05) is 12.1 Å². The Morgan fingerprint density at radius 2 is 1.72 bits per heavy atom. The quantitative estimate of drug-likeness (QED) is 0.320. The van der Waals surface area contributed by atoms with Crippen molar-refractivity contribution in [2.24, 2.45) is 5.41 Å². The molecule has 1 spiro atoms. The van der Waals surface area contributed by atoms with E-state index in [4.69, 9.17) is 0 Å². The fourth-order valence-electron chi connectivity index (χ4n) is 6.23. The molecule has 0 atom stereocenters. The monoisotopic (exact) mass is 586 g/mol. The minimum atomic E-state index is -1.22. The molecule has 2 saturated heterocycles. The summed E-state index contributed by atoms with van der Waals surface area (Å²) in [6, 6.07) is 13.3. The number of pyridine rings is 1. The Bertz CT molecular complexity index is 1690. The molecular weight excluding hydrogens is 547 g/mol. The summed E-state index contributed by atoms with van der Waals surface area (Å²) in [6.45, 7) is 10.7. The lowest BCUT2D eigenvalue weighted by Gasteiger charge is -2.46. The number of hydrogen-bond acceptors (Lipinski definition) is 8. The number of aromatic nitrogens is 5. The van der Waals surface area contributed by atoms with Gasteiger partial charge in [0.25, 0.3) is 5.56 Å². The van der Waals surface area contributed by atoms with Crippen molar-refractivity contribution in [2.45, 2.75) is 51.7 Å². The Hall–Kier alpha value is -4.09. The van der Waals surface area contributed by atoms with Crippen LogP contribution in [0.15, 0.2) is 65.9 Å². The molecule has 2 N–H and O–H groups in total. The van der Waals surface area contributed by atoms with Crippen LogP contribution in [0.2, 0.25) is 0 Å². The number of rotatable bonds is 7. The summed E-state index contributed by atoms with van der Waals surface area (Å²) in [5.74, 6) is -0.0944. The summed E-state index contributed by atoms with van der Waals surface area (Å²) in [4.78, 5) is 31.7. The molecule has 0 saturated carbocycles. The van der Waals surface area contributed by atoms with Gasteiger partial charge < -0.3 is 20.2 Å². The van der Waals surface area contributed by atoms with Gasteiger partial charge >= 0.3 is 0 Å². The zero-order valence-corrected chi connectivity index (χ0v) is 25.1. The first-order valence-electron chi connectivity index (χ1n) is 14.8. The molecule has 43 heavy (non-hydrogen) atoms. The highest BCUT2D eigenvalue weighted by Gasteiger charge is 2.36. The largest absolute Gasteiger partial charge is 0.384 e. The highest BCUT2D eigenvalue weighted by Crippen LogP contribution is 2.42. The summed E-state index contributed by atoms with van der Waals surface area (Å²) in [6.07, 6.45) is 6.50. The van der Waals surface area contributed by atoms with Crippen LogP contribution in [0.25, 0.3) is 16.9 Å². The Morgan fingerprint density at radius 1 is 1.05 bits per heavy atom. The van der Waals surface area contributed by atoms with E-state index in [1.54, 1.807) is 32.0 Å². The van der Waals surface area contributed by atoms with Gasteiger partial charge in [-0.1, -0.05) is 12.6 Å². The first-order chi connectivity index (χ1) is 20.5. The maximum Gasteiger partial charge on any atom is 0.278 e. The molecule has 2 aliphatic heterocycles. The van der Waals surface area contributed by atoms with Crippen LogP contribution >= 0.6 is 0 Å². The Kier molecular flexibility index (Phi) is 7.55. The molecule has 0 radical (unpaired) electrons. The number of hydrogen-bond donors (Lipinski definition) is 2. The molecule has 0 aliphatic carbocycles. The van der Waals surface area contributed by atoms with Gasteiger partial charge in [0.1, 0.15) is 16.8 Å². The highest BCUT2D eigenvalue weighted by molar-refractivity contribution is 5.77. The fourth-order valence-corrected chi connectivity index (χ4v) is 6.23. The van der Waals surface area contributed by atoms with E-state index >= 15 is 0 Å². The maximum absolute atomic E-state index is 14.0. The summed E-state index contributed by atoms with van der Waals surface area (Å²) in [5.41, 5.74) is 1.47. The van der Waals surface area contributed by atoms with Gasteiger partial charge in [-0.05, 0) is 101 Å². The molecule has 2 fully saturated rings. The Labute approximate surface area is 250 Å². The van der Waals surface area contributed by atoms with E-state index in [9.17, 15) is 14.3 Å². The highest BCUT2D eigenvalue weighted by atomic mass is 19.1. The number of allylic oxidation sites excluding steroid dienone is 1. The van der Waals surface area contributed by atoms with Crippen LogP contribution in [-0.4, -0.2) is 67.5 Å². The molecule has 10 nitrogen and oxygen atoms in total. The van der Waals surface area contributed by atoms with Gasteiger partial charge in [-0.15, -0.1) is 0 Å². The lowest BCUT2D eigenvalue weighted by molar-refractivity contribution is 0.0738. The number of fused-ring (bicyclic) bond motifs is 1. The molecule has 1 aromatic carbocycles. The second kappa shape index (κ2) is 11.2. The van der Waals surface area contributed by atoms with Crippen molar-refractivity contribution in [3.63, 3.8) is 0 Å². The number of piperidine rings is 2. The van der Waals surface area contributed by atoms with Crippen molar-refractivity contribution in [1.82, 2.24) is 29.2 Å².